The number of aldehydes is 1. The number of rotatable bonds is 4. The molecule has 0 heterocycles. The molecule has 0 saturated heterocycles. The molecule has 2 aromatic rings. The zero-order valence-electron chi connectivity index (χ0n) is 10.5. The molecule has 0 aliphatic rings. The van der Waals surface area contributed by atoms with E-state index < -0.39 is 9.84 Å². The second kappa shape index (κ2) is 5.76. The van der Waals surface area contributed by atoms with E-state index in [-0.39, 0.29) is 4.90 Å². The number of hydrogen-bond donors (Lipinski definition) is 0. The number of halogens is 1. The Kier molecular flexibility index (Phi) is 4.25. The average molecular weight is 355 g/mol. The van der Waals surface area contributed by atoms with Crippen LogP contribution in [0.1, 0.15) is 10.4 Å². The standard InChI is InChI=1S/C14H11BrO4S/c1-20(17,18)12-4-2-3-11(8-12)19-14-6-5-10(9-16)7-13(14)15/h2-9H,1H3. The van der Waals surface area contributed by atoms with Gasteiger partial charge in [0.05, 0.1) is 9.37 Å². The van der Waals surface area contributed by atoms with Crippen LogP contribution in [0.2, 0.25) is 0 Å². The highest BCUT2D eigenvalue weighted by molar-refractivity contribution is 9.10. The predicted molar refractivity (Wildman–Crippen MR) is 79.2 cm³/mol. The van der Waals surface area contributed by atoms with E-state index in [1.54, 1.807) is 30.3 Å². The summed E-state index contributed by atoms with van der Waals surface area (Å²) < 4.78 is 29.2. The lowest BCUT2D eigenvalue weighted by Gasteiger charge is -2.09. The van der Waals surface area contributed by atoms with E-state index in [4.69, 9.17) is 4.74 Å². The van der Waals surface area contributed by atoms with Gasteiger partial charge >= 0.3 is 0 Å². The highest BCUT2D eigenvalue weighted by Crippen LogP contribution is 2.31. The molecule has 0 aliphatic carbocycles. The summed E-state index contributed by atoms with van der Waals surface area (Å²) in [5.74, 6) is 0.911. The maximum absolute atomic E-state index is 11.5. The van der Waals surface area contributed by atoms with E-state index >= 15 is 0 Å². The van der Waals surface area contributed by atoms with Gasteiger partial charge in [0, 0.05) is 11.8 Å². The fraction of sp³-hybridized carbons (Fsp3) is 0.0714. The van der Waals surface area contributed by atoms with Gasteiger partial charge in [0.2, 0.25) is 0 Å². The van der Waals surface area contributed by atoms with Gasteiger partial charge in [-0.2, -0.15) is 0 Å². The second-order valence-electron chi connectivity index (χ2n) is 4.16. The molecule has 0 spiro atoms. The van der Waals surface area contributed by atoms with Crippen LogP contribution in [0.25, 0.3) is 0 Å². The molecule has 0 saturated carbocycles. The molecule has 0 unspecified atom stereocenters. The Morgan fingerprint density at radius 2 is 1.90 bits per heavy atom. The van der Waals surface area contributed by atoms with Crippen molar-refractivity contribution in [2.24, 2.45) is 0 Å². The maximum atomic E-state index is 11.5. The summed E-state index contributed by atoms with van der Waals surface area (Å²) in [4.78, 5) is 10.8. The summed E-state index contributed by atoms with van der Waals surface area (Å²) in [7, 11) is -3.28. The van der Waals surface area contributed by atoms with Gasteiger partial charge in [0.15, 0.2) is 9.84 Å². The van der Waals surface area contributed by atoms with E-state index in [1.165, 1.54) is 12.1 Å². The van der Waals surface area contributed by atoms with Crippen molar-refractivity contribution in [2.75, 3.05) is 6.26 Å². The molecule has 0 atom stereocenters. The number of benzene rings is 2. The third-order valence-corrected chi connectivity index (χ3v) is 4.28. The maximum Gasteiger partial charge on any atom is 0.175 e. The molecule has 2 rings (SSSR count). The third-order valence-electron chi connectivity index (χ3n) is 2.55. The Labute approximate surface area is 125 Å². The first-order chi connectivity index (χ1) is 9.40. The number of carbonyl (C=O) groups is 1. The first-order valence-corrected chi connectivity index (χ1v) is 8.31. The van der Waals surface area contributed by atoms with Gasteiger partial charge < -0.3 is 4.74 Å². The molecule has 0 bridgehead atoms. The lowest BCUT2D eigenvalue weighted by Crippen LogP contribution is -1.97. The quantitative estimate of drug-likeness (QED) is 0.788. The van der Waals surface area contributed by atoms with Gasteiger partial charge in [-0.15, -0.1) is 0 Å². The van der Waals surface area contributed by atoms with E-state index in [9.17, 15) is 13.2 Å². The minimum Gasteiger partial charge on any atom is -0.456 e. The lowest BCUT2D eigenvalue weighted by atomic mass is 10.2. The molecule has 20 heavy (non-hydrogen) atoms. The molecule has 0 radical (unpaired) electrons. The Morgan fingerprint density at radius 1 is 1.15 bits per heavy atom. The molecule has 4 nitrogen and oxygen atoms in total. The molecule has 0 fully saturated rings. The minimum absolute atomic E-state index is 0.190. The topological polar surface area (TPSA) is 60.4 Å². The van der Waals surface area contributed by atoms with Gasteiger partial charge in [0.1, 0.15) is 17.8 Å². The Balaban J connectivity index is 2.33. The van der Waals surface area contributed by atoms with Crippen molar-refractivity contribution in [2.45, 2.75) is 4.90 Å². The molecule has 2 aromatic carbocycles. The number of carbonyl (C=O) groups excluding carboxylic acids is 1. The molecular weight excluding hydrogens is 344 g/mol. The van der Waals surface area contributed by atoms with Crippen LogP contribution in [0.5, 0.6) is 11.5 Å². The highest BCUT2D eigenvalue weighted by atomic mass is 79.9. The summed E-state index contributed by atoms with van der Waals surface area (Å²) in [5.41, 5.74) is 0.522. The predicted octanol–water partition coefficient (Wildman–Crippen LogP) is 3.46. The van der Waals surface area contributed by atoms with Gasteiger partial charge in [-0.1, -0.05) is 6.07 Å². The molecule has 104 valence electrons. The first kappa shape index (κ1) is 14.7. The molecule has 0 aromatic heterocycles. The smallest absolute Gasteiger partial charge is 0.175 e. The lowest BCUT2D eigenvalue weighted by molar-refractivity contribution is 0.112. The van der Waals surface area contributed by atoms with Crippen molar-refractivity contribution in [3.63, 3.8) is 0 Å². The van der Waals surface area contributed by atoms with Crippen molar-refractivity contribution in [1.82, 2.24) is 0 Å². The Morgan fingerprint density at radius 3 is 2.50 bits per heavy atom. The number of ether oxygens (including phenoxy) is 1. The van der Waals surface area contributed by atoms with Crippen LogP contribution < -0.4 is 4.74 Å². The van der Waals surface area contributed by atoms with Crippen LogP contribution in [-0.4, -0.2) is 21.0 Å². The number of hydrogen-bond acceptors (Lipinski definition) is 4. The molecule has 0 N–H and O–H groups in total. The number of sulfone groups is 1. The van der Waals surface area contributed by atoms with Crippen LogP contribution in [-0.2, 0) is 9.84 Å². The second-order valence-corrected chi connectivity index (χ2v) is 7.03. The monoisotopic (exact) mass is 354 g/mol. The van der Waals surface area contributed by atoms with Crippen molar-refractivity contribution < 1.29 is 17.9 Å². The fourth-order valence-corrected chi connectivity index (χ4v) is 2.70. The zero-order valence-corrected chi connectivity index (χ0v) is 12.9. The molecule has 0 amide bonds. The van der Waals surface area contributed by atoms with E-state index in [1.807, 2.05) is 0 Å². The van der Waals surface area contributed by atoms with Crippen LogP contribution in [0, 0.1) is 0 Å². The van der Waals surface area contributed by atoms with Crippen LogP contribution in [0.4, 0.5) is 0 Å². The van der Waals surface area contributed by atoms with Gasteiger partial charge in [0.25, 0.3) is 0 Å². The van der Waals surface area contributed by atoms with E-state index in [0.717, 1.165) is 12.5 Å². The van der Waals surface area contributed by atoms with Crippen molar-refractivity contribution in [3.8, 4) is 11.5 Å². The Hall–Kier alpha value is -1.66. The summed E-state index contributed by atoms with van der Waals surface area (Å²) >= 11 is 3.30. The van der Waals surface area contributed by atoms with Crippen LogP contribution >= 0.6 is 15.9 Å². The average Bonchev–Trinajstić information content (AvgIpc) is 2.40. The molecular formula is C14H11BrO4S. The SMILES string of the molecule is CS(=O)(=O)c1cccc(Oc2ccc(C=O)cc2Br)c1. The molecule has 0 aliphatic heterocycles. The summed E-state index contributed by atoms with van der Waals surface area (Å²) in [6.07, 6.45) is 1.87. The van der Waals surface area contributed by atoms with Crippen LogP contribution in [0.3, 0.4) is 0 Å². The van der Waals surface area contributed by atoms with Gasteiger partial charge in [-0.3, -0.25) is 4.79 Å². The van der Waals surface area contributed by atoms with Crippen molar-refractivity contribution >= 4 is 32.1 Å². The van der Waals surface area contributed by atoms with Crippen molar-refractivity contribution in [1.29, 1.82) is 0 Å². The van der Waals surface area contributed by atoms with Gasteiger partial charge in [-0.25, -0.2) is 8.42 Å². The van der Waals surface area contributed by atoms with E-state index in [0.29, 0.717) is 21.5 Å². The molecule has 6 heteroatoms. The zero-order chi connectivity index (χ0) is 14.8. The third kappa shape index (κ3) is 3.46. The Bertz CT molecular complexity index is 754. The van der Waals surface area contributed by atoms with Crippen LogP contribution in [0.15, 0.2) is 51.8 Å². The normalized spacial score (nSPS) is 11.1. The summed E-state index contributed by atoms with van der Waals surface area (Å²) in [6, 6.07) is 11.1. The first-order valence-electron chi connectivity index (χ1n) is 5.63. The minimum atomic E-state index is -3.28. The summed E-state index contributed by atoms with van der Waals surface area (Å²) in [5, 5.41) is 0. The summed E-state index contributed by atoms with van der Waals surface area (Å²) in [6.45, 7) is 0. The largest absolute Gasteiger partial charge is 0.456 e. The van der Waals surface area contributed by atoms with Gasteiger partial charge in [-0.05, 0) is 52.3 Å². The highest BCUT2D eigenvalue weighted by Gasteiger charge is 2.09. The van der Waals surface area contributed by atoms with Crippen molar-refractivity contribution in [3.05, 3.63) is 52.5 Å². The fourth-order valence-electron chi connectivity index (χ4n) is 1.57. The van der Waals surface area contributed by atoms with E-state index in [2.05, 4.69) is 15.9 Å².